The fourth-order valence-corrected chi connectivity index (χ4v) is 6.70. The van der Waals surface area contributed by atoms with Crippen LogP contribution in [0, 0.1) is 41.5 Å². The van der Waals surface area contributed by atoms with Crippen LogP contribution in [-0.2, 0) is 0 Å². The molecule has 0 fully saturated rings. The third-order valence-corrected chi connectivity index (χ3v) is 8.86. The molecule has 0 saturated carbocycles. The minimum absolute atomic E-state index is 0.288. The number of hydrogen-bond acceptors (Lipinski definition) is 7. The van der Waals surface area contributed by atoms with Crippen LogP contribution in [0.25, 0.3) is 55.9 Å². The van der Waals surface area contributed by atoms with Crippen LogP contribution < -0.4 is 9.47 Å². The van der Waals surface area contributed by atoms with Crippen LogP contribution in [0.3, 0.4) is 0 Å². The fourth-order valence-electron chi connectivity index (χ4n) is 6.70. The van der Waals surface area contributed by atoms with Crippen molar-refractivity contribution in [3.8, 4) is 34.3 Å². The first-order valence-electron chi connectivity index (χ1n) is 16.6. The van der Waals surface area contributed by atoms with Crippen molar-refractivity contribution in [3.05, 3.63) is 113 Å². The highest BCUT2D eigenvalue weighted by atomic mass is 19.4. The fraction of sp³-hybridized carbons (Fsp3) is 0.205. The lowest BCUT2D eigenvalue weighted by molar-refractivity contribution is -0.275. The normalized spacial score (nSPS) is 12.1. The predicted molar refractivity (Wildman–Crippen MR) is 191 cm³/mol. The first-order chi connectivity index (χ1) is 25.5. The Labute approximate surface area is 303 Å². The second kappa shape index (κ2) is 13.3. The van der Waals surface area contributed by atoms with E-state index in [0.717, 1.165) is 56.1 Å². The smallest absolute Gasteiger partial charge is 0.406 e. The Hall–Kier alpha value is -6.25. The number of pyridine rings is 1. The van der Waals surface area contributed by atoms with Gasteiger partial charge in [0.15, 0.2) is 0 Å². The summed E-state index contributed by atoms with van der Waals surface area (Å²) in [6.07, 6.45) is -6.14. The minimum atomic E-state index is -4.76. The highest BCUT2D eigenvalue weighted by Crippen LogP contribution is 2.34. The van der Waals surface area contributed by atoms with Crippen molar-refractivity contribution in [2.24, 2.45) is 0 Å². The van der Waals surface area contributed by atoms with Crippen molar-refractivity contribution in [2.45, 2.75) is 54.3 Å². The summed E-state index contributed by atoms with van der Waals surface area (Å²) in [5.74, 6) is 0.706. The molecule has 276 valence electrons. The maximum Gasteiger partial charge on any atom is 0.573 e. The summed E-state index contributed by atoms with van der Waals surface area (Å²) in [5.41, 5.74) is 10.4. The standard InChI is InChI=1S/C20H16F3N3O.C19H15F3N4O/c1-11-6-4-5-7-15(11)19-25-13(3)18-12(2)24-16-9-8-14(27-20(21,22)23)10-17(16)26(18)19;1-10-9-23-7-6-14(10)18-25-12(3)17-11(2)24-15-5-4-13(27-19(20,21)22)8-16(15)26(17)18/h4-10H,1-3H3;4-9H,1-3H3. The molecule has 0 spiro atoms. The molecule has 0 aliphatic rings. The van der Waals surface area contributed by atoms with Gasteiger partial charge in [0.05, 0.1) is 55.9 Å². The molecule has 0 N–H and O–H groups in total. The number of imidazole rings is 2. The molecular formula is C39H31F6N7O2. The van der Waals surface area contributed by atoms with Crippen LogP contribution in [0.2, 0.25) is 0 Å². The maximum atomic E-state index is 12.7. The Kier molecular flexibility index (Phi) is 8.90. The Balaban J connectivity index is 0.000000167. The van der Waals surface area contributed by atoms with Crippen LogP contribution >= 0.6 is 0 Å². The zero-order valence-corrected chi connectivity index (χ0v) is 29.7. The molecule has 54 heavy (non-hydrogen) atoms. The van der Waals surface area contributed by atoms with E-state index in [1.54, 1.807) is 12.4 Å². The number of fused-ring (bicyclic) bond motifs is 6. The third-order valence-electron chi connectivity index (χ3n) is 8.86. The largest absolute Gasteiger partial charge is 0.573 e. The number of halogens is 6. The average Bonchev–Trinajstić information content (AvgIpc) is 3.62. The highest BCUT2D eigenvalue weighted by Gasteiger charge is 2.32. The molecule has 3 aromatic carbocycles. The monoisotopic (exact) mass is 743 g/mol. The molecule has 0 bridgehead atoms. The molecule has 8 rings (SSSR count). The van der Waals surface area contributed by atoms with E-state index in [0.29, 0.717) is 33.7 Å². The number of aryl methyl sites for hydroxylation is 6. The number of aromatic nitrogens is 7. The molecule has 8 aromatic rings. The lowest BCUT2D eigenvalue weighted by atomic mass is 10.1. The van der Waals surface area contributed by atoms with E-state index in [1.807, 2.05) is 80.7 Å². The van der Waals surface area contributed by atoms with Crippen LogP contribution in [0.1, 0.15) is 33.9 Å². The van der Waals surface area contributed by atoms with Gasteiger partial charge >= 0.3 is 12.7 Å². The first-order valence-corrected chi connectivity index (χ1v) is 16.6. The Bertz CT molecular complexity index is 2550. The van der Waals surface area contributed by atoms with E-state index in [1.165, 1.54) is 36.4 Å². The molecular weight excluding hydrogens is 712 g/mol. The van der Waals surface area contributed by atoms with Crippen molar-refractivity contribution in [1.82, 2.24) is 33.7 Å². The topological polar surface area (TPSA) is 91.7 Å². The molecule has 5 heterocycles. The van der Waals surface area contributed by atoms with E-state index < -0.39 is 12.7 Å². The first kappa shape index (κ1) is 36.1. The van der Waals surface area contributed by atoms with Gasteiger partial charge in [-0.3, -0.25) is 13.8 Å². The molecule has 9 nitrogen and oxygen atoms in total. The maximum absolute atomic E-state index is 12.7. The number of hydrogen-bond donors (Lipinski definition) is 0. The van der Waals surface area contributed by atoms with Gasteiger partial charge in [0.25, 0.3) is 0 Å². The number of nitrogens with zero attached hydrogens (tertiary/aromatic N) is 7. The molecule has 0 saturated heterocycles. The summed E-state index contributed by atoms with van der Waals surface area (Å²) in [6, 6.07) is 17.9. The molecule has 5 aromatic heterocycles. The zero-order chi connectivity index (χ0) is 38.7. The molecule has 0 radical (unpaired) electrons. The lowest BCUT2D eigenvalue weighted by Gasteiger charge is -2.12. The van der Waals surface area contributed by atoms with Gasteiger partial charge in [0.2, 0.25) is 0 Å². The highest BCUT2D eigenvalue weighted by molar-refractivity contribution is 5.86. The summed E-state index contributed by atoms with van der Waals surface area (Å²) in [5, 5.41) is 0. The number of alkyl halides is 6. The second-order valence-electron chi connectivity index (χ2n) is 12.7. The summed E-state index contributed by atoms with van der Waals surface area (Å²) in [7, 11) is 0. The number of rotatable bonds is 4. The lowest BCUT2D eigenvalue weighted by Crippen LogP contribution is -2.17. The van der Waals surface area contributed by atoms with E-state index in [2.05, 4.69) is 29.4 Å². The van der Waals surface area contributed by atoms with Gasteiger partial charge in [-0.1, -0.05) is 24.3 Å². The van der Waals surface area contributed by atoms with Gasteiger partial charge in [0, 0.05) is 35.7 Å². The van der Waals surface area contributed by atoms with Gasteiger partial charge in [-0.15, -0.1) is 26.3 Å². The molecule has 0 unspecified atom stereocenters. The summed E-state index contributed by atoms with van der Waals surface area (Å²) in [4.78, 5) is 22.5. The zero-order valence-electron chi connectivity index (χ0n) is 29.7. The van der Waals surface area contributed by atoms with Gasteiger partial charge in [0.1, 0.15) is 23.1 Å². The van der Waals surface area contributed by atoms with Gasteiger partial charge < -0.3 is 9.47 Å². The summed E-state index contributed by atoms with van der Waals surface area (Å²) < 4.78 is 87.9. The molecule has 0 aliphatic heterocycles. The number of ether oxygens (including phenoxy) is 2. The van der Waals surface area contributed by atoms with Gasteiger partial charge in [-0.05, 0) is 83.0 Å². The second-order valence-corrected chi connectivity index (χ2v) is 12.7. The molecule has 0 atom stereocenters. The molecule has 15 heteroatoms. The predicted octanol–water partition coefficient (Wildman–Crippen LogP) is 10.1. The Morgan fingerprint density at radius 2 is 0.963 bits per heavy atom. The molecule has 0 aliphatic carbocycles. The van der Waals surface area contributed by atoms with Crippen LogP contribution in [0.4, 0.5) is 26.3 Å². The quantitative estimate of drug-likeness (QED) is 0.166. The number of benzene rings is 3. The van der Waals surface area contributed by atoms with Crippen molar-refractivity contribution in [1.29, 1.82) is 0 Å². The van der Waals surface area contributed by atoms with Gasteiger partial charge in [-0.25, -0.2) is 19.9 Å². The van der Waals surface area contributed by atoms with Crippen LogP contribution in [0.15, 0.2) is 79.1 Å². The van der Waals surface area contributed by atoms with Crippen molar-refractivity contribution in [2.75, 3.05) is 0 Å². The van der Waals surface area contributed by atoms with Gasteiger partial charge in [-0.2, -0.15) is 0 Å². The summed E-state index contributed by atoms with van der Waals surface area (Å²) >= 11 is 0. The van der Waals surface area contributed by atoms with E-state index >= 15 is 0 Å². The van der Waals surface area contributed by atoms with E-state index in [4.69, 9.17) is 4.98 Å². The van der Waals surface area contributed by atoms with E-state index in [9.17, 15) is 26.3 Å². The van der Waals surface area contributed by atoms with Crippen molar-refractivity contribution in [3.63, 3.8) is 0 Å². The average molecular weight is 744 g/mol. The molecule has 0 amide bonds. The Morgan fingerprint density at radius 1 is 0.519 bits per heavy atom. The summed E-state index contributed by atoms with van der Waals surface area (Å²) in [6.45, 7) is 11.3. The van der Waals surface area contributed by atoms with Crippen LogP contribution in [-0.4, -0.2) is 46.4 Å². The van der Waals surface area contributed by atoms with Crippen molar-refractivity contribution < 1.29 is 35.8 Å². The third kappa shape index (κ3) is 6.84. The SMILES string of the molecule is Cc1ccccc1-c1nc(C)c2c(C)nc3ccc(OC(F)(F)F)cc3n12.Cc1cnccc1-c1nc(C)c2c(C)nc3ccc(OC(F)(F)F)cc3n12. The van der Waals surface area contributed by atoms with Crippen LogP contribution in [0.5, 0.6) is 11.5 Å². The van der Waals surface area contributed by atoms with E-state index in [-0.39, 0.29) is 11.5 Å². The minimum Gasteiger partial charge on any atom is -0.406 e. The van der Waals surface area contributed by atoms with Crippen molar-refractivity contribution >= 4 is 33.1 Å². The Morgan fingerprint density at radius 3 is 1.41 bits per heavy atom.